The quantitative estimate of drug-likeness (QED) is 0.626. The van der Waals surface area contributed by atoms with E-state index in [-0.39, 0.29) is 30.7 Å². The number of methoxy groups -OCH3 is 1. The van der Waals surface area contributed by atoms with Crippen LogP contribution in [0.4, 0.5) is 15.8 Å². The third kappa shape index (κ3) is 6.71. The minimum Gasteiger partial charge on any atom is -0.495 e. The minimum absolute atomic E-state index is 0.143. The molecule has 0 aliphatic rings. The van der Waals surface area contributed by atoms with Gasteiger partial charge in [-0.25, -0.2) is 4.39 Å². The van der Waals surface area contributed by atoms with Crippen molar-refractivity contribution in [2.45, 2.75) is 13.3 Å². The molecule has 1 unspecified atom stereocenters. The van der Waals surface area contributed by atoms with Gasteiger partial charge in [0.2, 0.25) is 0 Å². The number of hydrogen-bond acceptors (Lipinski definition) is 3. The van der Waals surface area contributed by atoms with Gasteiger partial charge in [0.15, 0.2) is 13.1 Å². The molecular formula is C20H25FN3O3+. The van der Waals surface area contributed by atoms with Gasteiger partial charge in [-0.1, -0.05) is 19.1 Å². The fraction of sp³-hybridized carbons (Fsp3) is 0.300. The second kappa shape index (κ2) is 10.3. The highest BCUT2D eigenvalue weighted by Gasteiger charge is 2.18. The Morgan fingerprint density at radius 2 is 1.63 bits per heavy atom. The van der Waals surface area contributed by atoms with Crippen molar-refractivity contribution in [3.8, 4) is 5.75 Å². The van der Waals surface area contributed by atoms with Crippen LogP contribution in [-0.2, 0) is 9.59 Å². The number of nitrogens with one attached hydrogen (secondary N) is 3. The van der Waals surface area contributed by atoms with Crippen molar-refractivity contribution in [2.75, 3.05) is 37.4 Å². The summed E-state index contributed by atoms with van der Waals surface area (Å²) in [5.74, 6) is -0.205. The van der Waals surface area contributed by atoms with Crippen molar-refractivity contribution in [1.82, 2.24) is 0 Å². The van der Waals surface area contributed by atoms with Crippen LogP contribution in [0.25, 0.3) is 0 Å². The lowest BCUT2D eigenvalue weighted by molar-refractivity contribution is -0.883. The van der Waals surface area contributed by atoms with E-state index in [0.717, 1.165) is 11.3 Å². The van der Waals surface area contributed by atoms with Gasteiger partial charge < -0.3 is 20.3 Å². The predicted molar refractivity (Wildman–Crippen MR) is 103 cm³/mol. The third-order valence-electron chi connectivity index (χ3n) is 3.93. The van der Waals surface area contributed by atoms with E-state index in [1.807, 2.05) is 19.1 Å². The maximum Gasteiger partial charge on any atom is 0.279 e. The summed E-state index contributed by atoms with van der Waals surface area (Å²) in [7, 11) is 1.54. The van der Waals surface area contributed by atoms with Crippen LogP contribution in [0.3, 0.4) is 0 Å². The molecule has 1 atom stereocenters. The van der Waals surface area contributed by atoms with Gasteiger partial charge in [-0.05, 0) is 42.8 Å². The van der Waals surface area contributed by atoms with Crippen molar-refractivity contribution in [2.24, 2.45) is 0 Å². The van der Waals surface area contributed by atoms with E-state index in [2.05, 4.69) is 10.6 Å². The van der Waals surface area contributed by atoms with E-state index in [1.165, 1.54) is 24.3 Å². The predicted octanol–water partition coefficient (Wildman–Crippen LogP) is 1.71. The molecule has 0 aliphatic carbocycles. The van der Waals surface area contributed by atoms with Gasteiger partial charge in [0, 0.05) is 5.69 Å². The molecule has 27 heavy (non-hydrogen) atoms. The zero-order valence-electron chi connectivity index (χ0n) is 15.5. The molecule has 0 heterocycles. The number of benzene rings is 2. The molecule has 0 aromatic heterocycles. The number of para-hydroxylation sites is 2. The molecule has 0 saturated heterocycles. The standard InChI is InChI=1S/C20H24FN3O3/c1-3-12-24(13-19(25)22-16-10-8-15(21)9-11-16)14-20(26)23-17-6-4-5-7-18(17)27-2/h4-11H,3,12-14H2,1-2H3,(H,22,25)(H,23,26)/p+1. The topological polar surface area (TPSA) is 71.9 Å². The molecule has 0 aliphatic heterocycles. The van der Waals surface area contributed by atoms with Crippen molar-refractivity contribution >= 4 is 23.2 Å². The van der Waals surface area contributed by atoms with Crippen LogP contribution in [-0.4, -0.2) is 38.6 Å². The number of carbonyl (C=O) groups is 2. The number of amides is 2. The first kappa shape index (κ1) is 20.4. The molecule has 0 bridgehead atoms. The van der Waals surface area contributed by atoms with Crippen molar-refractivity contribution < 1.29 is 23.6 Å². The number of quaternary nitrogens is 1. The van der Waals surface area contributed by atoms with Gasteiger partial charge in [0.05, 0.1) is 19.3 Å². The van der Waals surface area contributed by atoms with Gasteiger partial charge in [-0.2, -0.15) is 0 Å². The van der Waals surface area contributed by atoms with Gasteiger partial charge in [-0.3, -0.25) is 9.59 Å². The molecular weight excluding hydrogens is 349 g/mol. The minimum atomic E-state index is -0.362. The van der Waals surface area contributed by atoms with Crippen LogP contribution in [0.2, 0.25) is 0 Å². The molecule has 0 radical (unpaired) electrons. The summed E-state index contributed by atoms with van der Waals surface area (Å²) in [5, 5.41) is 5.54. The molecule has 6 nitrogen and oxygen atoms in total. The van der Waals surface area contributed by atoms with Crippen LogP contribution in [0, 0.1) is 5.82 Å². The second-order valence-corrected chi connectivity index (χ2v) is 6.16. The third-order valence-corrected chi connectivity index (χ3v) is 3.93. The average molecular weight is 374 g/mol. The Labute approximate surface area is 158 Å². The molecule has 2 rings (SSSR count). The number of ether oxygens (including phenoxy) is 1. The normalized spacial score (nSPS) is 11.5. The summed E-state index contributed by atoms with van der Waals surface area (Å²) in [6.45, 7) is 2.97. The molecule has 0 spiro atoms. The maximum atomic E-state index is 12.9. The highest BCUT2D eigenvalue weighted by Crippen LogP contribution is 2.22. The first-order valence-corrected chi connectivity index (χ1v) is 8.83. The number of halogens is 1. The number of carbonyl (C=O) groups excluding carboxylic acids is 2. The van der Waals surface area contributed by atoms with E-state index in [4.69, 9.17) is 4.74 Å². The van der Waals surface area contributed by atoms with E-state index >= 15 is 0 Å². The molecule has 144 valence electrons. The van der Waals surface area contributed by atoms with Gasteiger partial charge in [0.25, 0.3) is 11.8 Å². The molecule has 2 aromatic carbocycles. The summed E-state index contributed by atoms with van der Waals surface area (Å²) in [5.41, 5.74) is 1.12. The van der Waals surface area contributed by atoms with E-state index in [1.54, 1.807) is 19.2 Å². The van der Waals surface area contributed by atoms with Gasteiger partial charge in [0.1, 0.15) is 11.6 Å². The van der Waals surface area contributed by atoms with Crippen LogP contribution >= 0.6 is 0 Å². The number of anilines is 2. The lowest BCUT2D eigenvalue weighted by Gasteiger charge is -2.18. The zero-order valence-corrected chi connectivity index (χ0v) is 15.5. The number of rotatable bonds is 9. The van der Waals surface area contributed by atoms with E-state index in [9.17, 15) is 14.0 Å². The first-order chi connectivity index (χ1) is 13.0. The molecule has 2 aromatic rings. The van der Waals surface area contributed by atoms with E-state index < -0.39 is 0 Å². The Morgan fingerprint density at radius 3 is 2.26 bits per heavy atom. The lowest BCUT2D eigenvalue weighted by atomic mass is 10.3. The lowest BCUT2D eigenvalue weighted by Crippen LogP contribution is -3.14. The Kier molecular flexibility index (Phi) is 7.76. The van der Waals surface area contributed by atoms with Crippen molar-refractivity contribution in [3.63, 3.8) is 0 Å². The van der Waals surface area contributed by atoms with Gasteiger partial charge in [-0.15, -0.1) is 0 Å². The molecule has 3 N–H and O–H groups in total. The Morgan fingerprint density at radius 1 is 1.00 bits per heavy atom. The first-order valence-electron chi connectivity index (χ1n) is 8.83. The van der Waals surface area contributed by atoms with Crippen LogP contribution in [0.15, 0.2) is 48.5 Å². The van der Waals surface area contributed by atoms with Crippen molar-refractivity contribution in [3.05, 3.63) is 54.3 Å². The SMILES string of the molecule is CCC[NH+](CC(=O)Nc1ccc(F)cc1)CC(=O)Nc1ccccc1OC. The summed E-state index contributed by atoms with van der Waals surface area (Å²) in [6.07, 6.45) is 0.834. The number of hydrogen-bond donors (Lipinski definition) is 3. The van der Waals surface area contributed by atoms with Crippen LogP contribution < -0.4 is 20.3 Å². The highest BCUT2D eigenvalue weighted by molar-refractivity contribution is 5.94. The second-order valence-electron chi connectivity index (χ2n) is 6.16. The molecule has 0 saturated carbocycles. The average Bonchev–Trinajstić information content (AvgIpc) is 2.64. The summed E-state index contributed by atoms with van der Waals surface area (Å²) in [4.78, 5) is 25.5. The van der Waals surface area contributed by atoms with Gasteiger partial charge >= 0.3 is 0 Å². The molecule has 0 fully saturated rings. The maximum absolute atomic E-state index is 12.9. The Balaban J connectivity index is 1.92. The fourth-order valence-corrected chi connectivity index (χ4v) is 2.73. The summed E-state index contributed by atoms with van der Waals surface area (Å²) in [6, 6.07) is 12.7. The largest absolute Gasteiger partial charge is 0.495 e. The summed E-state index contributed by atoms with van der Waals surface area (Å²) >= 11 is 0. The van der Waals surface area contributed by atoms with Crippen molar-refractivity contribution in [1.29, 1.82) is 0 Å². The van der Waals surface area contributed by atoms with Crippen LogP contribution in [0.1, 0.15) is 13.3 Å². The smallest absolute Gasteiger partial charge is 0.279 e. The highest BCUT2D eigenvalue weighted by atomic mass is 19.1. The summed E-state index contributed by atoms with van der Waals surface area (Å²) < 4.78 is 18.2. The monoisotopic (exact) mass is 374 g/mol. The molecule has 7 heteroatoms. The fourth-order valence-electron chi connectivity index (χ4n) is 2.73. The molecule has 2 amide bonds. The Bertz CT molecular complexity index is 765. The Hall–Kier alpha value is -2.93. The van der Waals surface area contributed by atoms with Crippen LogP contribution in [0.5, 0.6) is 5.75 Å². The van der Waals surface area contributed by atoms with E-state index in [0.29, 0.717) is 23.7 Å². The zero-order chi connectivity index (χ0) is 19.6.